The molecule has 0 fully saturated rings. The Morgan fingerprint density at radius 1 is 0.281 bits per heavy atom. The smallest absolute Gasteiger partial charge is 0.462 e. The Labute approximate surface area is 588 Å². The third kappa shape index (κ3) is 70.5. The monoisotopic (exact) mass is 1410 g/mol. The molecule has 3 N–H and O–H groups in total. The van der Waals surface area contributed by atoms with Crippen molar-refractivity contribution in [3.63, 3.8) is 0 Å². The number of rotatable bonds is 75. The van der Waals surface area contributed by atoms with E-state index in [2.05, 4.69) is 48.5 Å². The second-order valence-corrected chi connectivity index (χ2v) is 32.1. The van der Waals surface area contributed by atoms with Crippen molar-refractivity contribution in [1.29, 1.82) is 0 Å². The quantitative estimate of drug-likeness (QED) is 0.0222. The van der Waals surface area contributed by atoms with Gasteiger partial charge in [-0.2, -0.15) is 0 Å². The summed E-state index contributed by atoms with van der Waals surface area (Å²) in [6.07, 6.45) is 54.0. The van der Waals surface area contributed by atoms with Gasteiger partial charge in [-0.1, -0.05) is 344 Å². The minimum Gasteiger partial charge on any atom is -0.462 e. The molecule has 0 aromatic heterocycles. The van der Waals surface area contributed by atoms with Crippen molar-refractivity contribution in [1.82, 2.24) is 0 Å². The molecular formula is C77H150O17P2. The van der Waals surface area contributed by atoms with Gasteiger partial charge in [0.05, 0.1) is 26.4 Å². The Morgan fingerprint density at radius 2 is 0.479 bits per heavy atom. The number of phosphoric acid groups is 2. The van der Waals surface area contributed by atoms with Gasteiger partial charge in [0.15, 0.2) is 12.2 Å². The molecule has 0 aliphatic rings. The number of hydrogen-bond acceptors (Lipinski definition) is 15. The van der Waals surface area contributed by atoms with Crippen LogP contribution >= 0.6 is 15.6 Å². The number of carbonyl (C=O) groups is 4. The summed E-state index contributed by atoms with van der Waals surface area (Å²) in [4.78, 5) is 72.9. The predicted octanol–water partition coefficient (Wildman–Crippen LogP) is 22.6. The average Bonchev–Trinajstić information content (AvgIpc) is 1.28. The lowest BCUT2D eigenvalue weighted by Crippen LogP contribution is -2.30. The van der Waals surface area contributed by atoms with E-state index in [1.54, 1.807) is 0 Å². The number of unbranched alkanes of at least 4 members (excludes halogenated alkanes) is 43. The van der Waals surface area contributed by atoms with Crippen LogP contribution in [0.3, 0.4) is 0 Å². The van der Waals surface area contributed by atoms with Gasteiger partial charge in [-0.05, 0) is 43.4 Å². The van der Waals surface area contributed by atoms with Gasteiger partial charge in [0.1, 0.15) is 19.3 Å². The summed E-state index contributed by atoms with van der Waals surface area (Å²) < 4.78 is 68.6. The van der Waals surface area contributed by atoms with E-state index in [0.29, 0.717) is 25.7 Å². The number of aliphatic hydroxyl groups excluding tert-OH is 1. The summed E-state index contributed by atoms with van der Waals surface area (Å²) >= 11 is 0. The molecule has 5 atom stereocenters. The van der Waals surface area contributed by atoms with Crippen molar-refractivity contribution >= 4 is 39.5 Å². The molecule has 0 heterocycles. The average molecular weight is 1410 g/mol. The molecule has 0 saturated heterocycles. The number of hydrogen-bond donors (Lipinski definition) is 3. The highest BCUT2D eigenvalue weighted by Gasteiger charge is 2.30. The molecule has 570 valence electrons. The fraction of sp³-hybridized carbons (Fsp3) is 0.948. The molecule has 96 heavy (non-hydrogen) atoms. The number of ether oxygens (including phenoxy) is 4. The zero-order valence-corrected chi connectivity index (χ0v) is 64.6. The van der Waals surface area contributed by atoms with Crippen LogP contribution in [0.25, 0.3) is 0 Å². The first-order chi connectivity index (χ1) is 46.2. The van der Waals surface area contributed by atoms with Crippen LogP contribution in [-0.2, 0) is 65.4 Å². The van der Waals surface area contributed by atoms with Crippen LogP contribution in [-0.4, -0.2) is 96.7 Å². The zero-order chi connectivity index (χ0) is 70.9. The van der Waals surface area contributed by atoms with Crippen LogP contribution in [0.5, 0.6) is 0 Å². The molecule has 0 saturated carbocycles. The SMILES string of the molecule is CCCCCCCCCCCCCCC(=O)O[C@H](COC(=O)CCCCCCCCCCC(C)C)COP(=O)(O)OC[C@H](O)COP(=O)(O)OC[C@@H](COC(=O)CCCCCCCCCCCCCCC(C)C)OC(=O)CCCCCCCCCCCCCCCCCC(C)C. The maximum atomic E-state index is 13.1. The summed E-state index contributed by atoms with van der Waals surface area (Å²) in [6, 6.07) is 0. The molecule has 17 nitrogen and oxygen atoms in total. The van der Waals surface area contributed by atoms with Crippen molar-refractivity contribution in [3.05, 3.63) is 0 Å². The lowest BCUT2D eigenvalue weighted by Gasteiger charge is -2.21. The van der Waals surface area contributed by atoms with Crippen LogP contribution in [0, 0.1) is 17.8 Å². The minimum absolute atomic E-state index is 0.107. The highest BCUT2D eigenvalue weighted by Crippen LogP contribution is 2.45. The van der Waals surface area contributed by atoms with E-state index >= 15 is 0 Å². The standard InChI is InChI=1S/C77H150O17P2/c1-8-9-10-11-12-13-14-24-30-39-46-53-60-76(81)94-73(65-88-75(80)59-52-45-38-33-32-36-43-50-57-70(6)7)67-92-96(85,86)90-63-71(78)62-89-95(83,84)91-66-72(64-87-74(79)58-51-44-37-29-25-21-20-23-28-35-42-49-56-69(4)5)93-77(82)61-54-47-40-31-26-19-17-15-16-18-22-27-34-41-48-55-68(2)3/h68-73,78H,8-67H2,1-7H3,(H,83,84)(H,85,86)/t71-,72-,73-/m1/s1. The van der Waals surface area contributed by atoms with E-state index in [1.165, 1.54) is 205 Å². The minimum atomic E-state index is -4.96. The van der Waals surface area contributed by atoms with Crippen LogP contribution in [0.1, 0.15) is 395 Å². The molecule has 0 bridgehead atoms. The van der Waals surface area contributed by atoms with Gasteiger partial charge in [-0.25, -0.2) is 9.13 Å². The molecule has 0 aromatic rings. The summed E-state index contributed by atoms with van der Waals surface area (Å²) in [5.74, 6) is 0.196. The van der Waals surface area contributed by atoms with E-state index in [4.69, 9.17) is 37.0 Å². The van der Waals surface area contributed by atoms with Gasteiger partial charge in [0.2, 0.25) is 0 Å². The van der Waals surface area contributed by atoms with Crippen molar-refractivity contribution in [2.24, 2.45) is 17.8 Å². The normalized spacial score (nSPS) is 14.1. The van der Waals surface area contributed by atoms with Crippen LogP contribution in [0.15, 0.2) is 0 Å². The van der Waals surface area contributed by atoms with E-state index in [-0.39, 0.29) is 25.7 Å². The number of phosphoric ester groups is 2. The molecule has 0 radical (unpaired) electrons. The lowest BCUT2D eigenvalue weighted by atomic mass is 10.0. The second kappa shape index (κ2) is 67.5. The van der Waals surface area contributed by atoms with Crippen molar-refractivity contribution in [2.45, 2.75) is 414 Å². The van der Waals surface area contributed by atoms with Gasteiger partial charge in [0.25, 0.3) is 0 Å². The Balaban J connectivity index is 5.25. The first-order valence-electron chi connectivity index (χ1n) is 39.8. The number of carbonyl (C=O) groups excluding carboxylic acids is 4. The molecule has 0 spiro atoms. The third-order valence-electron chi connectivity index (χ3n) is 17.9. The summed E-state index contributed by atoms with van der Waals surface area (Å²) in [7, 11) is -9.91. The highest BCUT2D eigenvalue weighted by atomic mass is 31.2. The Morgan fingerprint density at radius 3 is 0.708 bits per heavy atom. The Hall–Kier alpha value is -1.94. The first kappa shape index (κ1) is 94.1. The molecule has 19 heteroatoms. The molecular weight excluding hydrogens is 1260 g/mol. The summed E-state index contributed by atoms with van der Waals surface area (Å²) in [5.41, 5.74) is 0. The summed E-state index contributed by atoms with van der Waals surface area (Å²) in [5, 5.41) is 10.6. The molecule has 0 aliphatic carbocycles. The topological polar surface area (TPSA) is 237 Å². The van der Waals surface area contributed by atoms with Gasteiger partial charge in [-0.3, -0.25) is 37.3 Å². The number of esters is 4. The molecule has 0 amide bonds. The molecule has 0 rings (SSSR count). The largest absolute Gasteiger partial charge is 0.472 e. The number of aliphatic hydroxyl groups is 1. The molecule has 0 aliphatic heterocycles. The Kier molecular flexibility index (Phi) is 66.2. The van der Waals surface area contributed by atoms with Crippen molar-refractivity contribution in [2.75, 3.05) is 39.6 Å². The van der Waals surface area contributed by atoms with Crippen molar-refractivity contribution in [3.8, 4) is 0 Å². The van der Waals surface area contributed by atoms with Gasteiger partial charge in [-0.15, -0.1) is 0 Å². The maximum Gasteiger partial charge on any atom is 0.472 e. The van der Waals surface area contributed by atoms with Crippen LogP contribution in [0.4, 0.5) is 0 Å². The van der Waals surface area contributed by atoms with Crippen molar-refractivity contribution < 1.29 is 80.2 Å². The van der Waals surface area contributed by atoms with E-state index in [9.17, 15) is 43.2 Å². The fourth-order valence-corrected chi connectivity index (χ4v) is 13.4. The molecule has 2 unspecified atom stereocenters. The highest BCUT2D eigenvalue weighted by molar-refractivity contribution is 7.47. The first-order valence-corrected chi connectivity index (χ1v) is 42.8. The zero-order valence-electron chi connectivity index (χ0n) is 62.8. The van der Waals surface area contributed by atoms with E-state index < -0.39 is 97.5 Å². The lowest BCUT2D eigenvalue weighted by molar-refractivity contribution is -0.161. The summed E-state index contributed by atoms with van der Waals surface area (Å²) in [6.45, 7) is 11.9. The predicted molar refractivity (Wildman–Crippen MR) is 391 cm³/mol. The Bertz CT molecular complexity index is 1870. The van der Waals surface area contributed by atoms with E-state index in [1.807, 2.05) is 0 Å². The van der Waals surface area contributed by atoms with Crippen LogP contribution in [0.2, 0.25) is 0 Å². The van der Waals surface area contributed by atoms with Gasteiger partial charge < -0.3 is 33.8 Å². The third-order valence-corrected chi connectivity index (χ3v) is 19.8. The molecule has 0 aromatic carbocycles. The second-order valence-electron chi connectivity index (χ2n) is 29.2. The maximum absolute atomic E-state index is 13.1. The van der Waals surface area contributed by atoms with Gasteiger partial charge >= 0.3 is 39.5 Å². The van der Waals surface area contributed by atoms with E-state index in [0.717, 1.165) is 108 Å². The van der Waals surface area contributed by atoms with Gasteiger partial charge in [0, 0.05) is 25.7 Å². The van der Waals surface area contributed by atoms with Crippen LogP contribution < -0.4 is 0 Å². The fourth-order valence-electron chi connectivity index (χ4n) is 11.8.